The van der Waals surface area contributed by atoms with Crippen molar-refractivity contribution in [1.82, 2.24) is 10.2 Å². The highest BCUT2D eigenvalue weighted by atomic mass is 16.6. The van der Waals surface area contributed by atoms with Gasteiger partial charge in [0, 0.05) is 19.6 Å². The lowest BCUT2D eigenvalue weighted by atomic mass is 10.1. The zero-order valence-corrected chi connectivity index (χ0v) is 15.5. The Morgan fingerprint density at radius 3 is 2.57 bits per heavy atom. The average Bonchev–Trinajstić information content (AvgIpc) is 2.44. The topological polar surface area (TPSA) is 41.6 Å². The van der Waals surface area contributed by atoms with Crippen LogP contribution in [0.5, 0.6) is 0 Å². The number of rotatable bonds is 7. The summed E-state index contributed by atoms with van der Waals surface area (Å²) in [5.74, 6) is 0. The third kappa shape index (κ3) is 7.51. The summed E-state index contributed by atoms with van der Waals surface area (Å²) in [7, 11) is 0. The van der Waals surface area contributed by atoms with Gasteiger partial charge in [0.15, 0.2) is 0 Å². The van der Waals surface area contributed by atoms with Crippen molar-refractivity contribution < 1.29 is 9.53 Å². The number of hydrogen-bond donors (Lipinski definition) is 1. The first-order valence-electron chi connectivity index (χ1n) is 8.47. The number of ether oxygens (including phenoxy) is 1. The Kier molecular flexibility index (Phi) is 7.56. The standard InChI is InChI=1S/C19H32N2O2/c1-7-21(18(22)23-19(4,5)6)12-8-11-20-14-17-13-15(2)9-10-16(17)3/h9-10,13,20H,7-8,11-12,14H2,1-6H3. The second-order valence-electron chi connectivity index (χ2n) is 7.02. The van der Waals surface area contributed by atoms with E-state index in [9.17, 15) is 4.79 Å². The number of nitrogens with one attached hydrogen (secondary N) is 1. The van der Waals surface area contributed by atoms with Gasteiger partial charge in [-0.05, 0) is 65.6 Å². The minimum atomic E-state index is -0.439. The van der Waals surface area contributed by atoms with Crippen LogP contribution in [0.4, 0.5) is 4.79 Å². The second-order valence-corrected chi connectivity index (χ2v) is 7.02. The Balaban J connectivity index is 2.32. The lowest BCUT2D eigenvalue weighted by Gasteiger charge is -2.26. The van der Waals surface area contributed by atoms with E-state index in [1.165, 1.54) is 16.7 Å². The molecule has 0 atom stereocenters. The fourth-order valence-corrected chi connectivity index (χ4v) is 2.31. The fourth-order valence-electron chi connectivity index (χ4n) is 2.31. The Morgan fingerprint density at radius 2 is 1.96 bits per heavy atom. The SMILES string of the molecule is CCN(CCCNCc1cc(C)ccc1C)C(=O)OC(C)(C)C. The van der Waals surface area contributed by atoms with Crippen molar-refractivity contribution in [2.24, 2.45) is 0 Å². The third-order valence-electron chi connectivity index (χ3n) is 3.64. The Labute approximate surface area is 141 Å². The van der Waals surface area contributed by atoms with E-state index in [1.54, 1.807) is 4.90 Å². The first-order chi connectivity index (χ1) is 10.7. The van der Waals surface area contributed by atoms with Crippen LogP contribution in [0.3, 0.4) is 0 Å². The molecule has 0 saturated heterocycles. The van der Waals surface area contributed by atoms with Gasteiger partial charge in [0.2, 0.25) is 0 Å². The van der Waals surface area contributed by atoms with Crippen LogP contribution in [-0.2, 0) is 11.3 Å². The van der Waals surface area contributed by atoms with Gasteiger partial charge in [0.05, 0.1) is 0 Å². The van der Waals surface area contributed by atoms with Gasteiger partial charge in [0.1, 0.15) is 5.60 Å². The Morgan fingerprint density at radius 1 is 1.26 bits per heavy atom. The van der Waals surface area contributed by atoms with E-state index in [0.29, 0.717) is 13.1 Å². The zero-order valence-electron chi connectivity index (χ0n) is 15.5. The molecule has 130 valence electrons. The molecule has 0 spiro atoms. The van der Waals surface area contributed by atoms with Crippen molar-refractivity contribution in [1.29, 1.82) is 0 Å². The minimum absolute atomic E-state index is 0.227. The van der Waals surface area contributed by atoms with Crippen molar-refractivity contribution >= 4 is 6.09 Å². The highest BCUT2D eigenvalue weighted by molar-refractivity contribution is 5.68. The van der Waals surface area contributed by atoms with E-state index in [2.05, 4.69) is 37.4 Å². The highest BCUT2D eigenvalue weighted by Crippen LogP contribution is 2.11. The van der Waals surface area contributed by atoms with Crippen molar-refractivity contribution in [3.8, 4) is 0 Å². The van der Waals surface area contributed by atoms with Gasteiger partial charge in [0.25, 0.3) is 0 Å². The van der Waals surface area contributed by atoms with Crippen molar-refractivity contribution in [3.05, 3.63) is 34.9 Å². The first kappa shape index (κ1) is 19.5. The number of nitrogens with zero attached hydrogens (tertiary/aromatic N) is 1. The second kappa shape index (κ2) is 8.92. The van der Waals surface area contributed by atoms with Crippen molar-refractivity contribution in [3.63, 3.8) is 0 Å². The minimum Gasteiger partial charge on any atom is -0.444 e. The molecule has 1 aromatic rings. The maximum Gasteiger partial charge on any atom is 0.410 e. The predicted molar refractivity (Wildman–Crippen MR) is 95.7 cm³/mol. The van der Waals surface area contributed by atoms with E-state index >= 15 is 0 Å². The Hall–Kier alpha value is -1.55. The van der Waals surface area contributed by atoms with Crippen LogP contribution in [0.1, 0.15) is 50.8 Å². The van der Waals surface area contributed by atoms with Crippen LogP contribution in [-0.4, -0.2) is 36.2 Å². The molecule has 4 heteroatoms. The molecule has 0 fully saturated rings. The summed E-state index contributed by atoms with van der Waals surface area (Å²) >= 11 is 0. The van der Waals surface area contributed by atoms with Gasteiger partial charge < -0.3 is 15.0 Å². The fraction of sp³-hybridized carbons (Fsp3) is 0.632. The van der Waals surface area contributed by atoms with Gasteiger partial charge in [-0.2, -0.15) is 0 Å². The molecular formula is C19H32N2O2. The van der Waals surface area contributed by atoms with Crippen molar-refractivity contribution in [2.45, 2.75) is 60.1 Å². The average molecular weight is 320 g/mol. The Bertz CT molecular complexity index is 507. The molecule has 0 aromatic heterocycles. The van der Waals surface area contributed by atoms with Gasteiger partial charge in [-0.1, -0.05) is 23.8 Å². The summed E-state index contributed by atoms with van der Waals surface area (Å²) in [6, 6.07) is 6.52. The van der Waals surface area contributed by atoms with Crippen LogP contribution < -0.4 is 5.32 Å². The molecule has 0 heterocycles. The zero-order chi connectivity index (χ0) is 17.5. The molecule has 0 saturated carbocycles. The summed E-state index contributed by atoms with van der Waals surface area (Å²) in [6.45, 7) is 15.0. The number of carbonyl (C=O) groups excluding carboxylic acids is 1. The molecule has 23 heavy (non-hydrogen) atoms. The highest BCUT2D eigenvalue weighted by Gasteiger charge is 2.20. The van der Waals surface area contributed by atoms with Gasteiger partial charge in [-0.15, -0.1) is 0 Å². The summed E-state index contributed by atoms with van der Waals surface area (Å²) in [5.41, 5.74) is 3.50. The number of aryl methyl sites for hydroxylation is 2. The van der Waals surface area contributed by atoms with Crippen molar-refractivity contribution in [2.75, 3.05) is 19.6 Å². The maximum absolute atomic E-state index is 12.0. The van der Waals surface area contributed by atoms with E-state index in [0.717, 1.165) is 19.5 Å². The molecule has 1 N–H and O–H groups in total. The predicted octanol–water partition coefficient (Wildman–Crippen LogP) is 4.04. The molecule has 1 aromatic carbocycles. The first-order valence-corrected chi connectivity index (χ1v) is 8.47. The molecule has 4 nitrogen and oxygen atoms in total. The summed E-state index contributed by atoms with van der Waals surface area (Å²) in [4.78, 5) is 13.8. The molecule has 0 aliphatic heterocycles. The quantitative estimate of drug-likeness (QED) is 0.771. The van der Waals surface area contributed by atoms with Crippen LogP contribution in [0.25, 0.3) is 0 Å². The largest absolute Gasteiger partial charge is 0.444 e. The number of benzene rings is 1. The summed E-state index contributed by atoms with van der Waals surface area (Å²) < 4.78 is 5.41. The van der Waals surface area contributed by atoms with Crippen LogP contribution in [0.15, 0.2) is 18.2 Å². The molecule has 0 radical (unpaired) electrons. The number of carbonyl (C=O) groups is 1. The molecule has 1 rings (SSSR count). The molecule has 0 aliphatic rings. The number of hydrogen-bond acceptors (Lipinski definition) is 3. The summed E-state index contributed by atoms with van der Waals surface area (Å²) in [5, 5.41) is 3.46. The van der Waals surface area contributed by atoms with Gasteiger partial charge in [-0.25, -0.2) is 4.79 Å². The van der Waals surface area contributed by atoms with E-state index in [4.69, 9.17) is 4.74 Å². The van der Waals surface area contributed by atoms with E-state index in [-0.39, 0.29) is 6.09 Å². The number of amides is 1. The molecule has 0 unspecified atom stereocenters. The lowest BCUT2D eigenvalue weighted by Crippen LogP contribution is -2.38. The molecule has 0 bridgehead atoms. The maximum atomic E-state index is 12.0. The molecule has 1 amide bonds. The van der Waals surface area contributed by atoms with E-state index in [1.807, 2.05) is 27.7 Å². The van der Waals surface area contributed by atoms with Gasteiger partial charge in [-0.3, -0.25) is 0 Å². The summed E-state index contributed by atoms with van der Waals surface area (Å²) in [6.07, 6.45) is 0.687. The molecule has 0 aliphatic carbocycles. The monoisotopic (exact) mass is 320 g/mol. The van der Waals surface area contributed by atoms with Crippen LogP contribution in [0, 0.1) is 13.8 Å². The normalized spacial score (nSPS) is 11.4. The molecular weight excluding hydrogens is 288 g/mol. The van der Waals surface area contributed by atoms with Gasteiger partial charge >= 0.3 is 6.09 Å². The third-order valence-corrected chi connectivity index (χ3v) is 3.64. The van der Waals surface area contributed by atoms with Crippen LogP contribution >= 0.6 is 0 Å². The van der Waals surface area contributed by atoms with Crippen LogP contribution in [0.2, 0.25) is 0 Å². The lowest BCUT2D eigenvalue weighted by molar-refractivity contribution is 0.0258. The van der Waals surface area contributed by atoms with E-state index < -0.39 is 5.60 Å². The smallest absolute Gasteiger partial charge is 0.410 e.